The van der Waals surface area contributed by atoms with E-state index in [0.29, 0.717) is 32.5 Å². The number of amides is 2. The first kappa shape index (κ1) is 27.0. The van der Waals surface area contributed by atoms with Crippen molar-refractivity contribution in [2.45, 2.75) is 53.5 Å². The number of hydrogen-bond acceptors (Lipinski definition) is 4. The van der Waals surface area contributed by atoms with Gasteiger partial charge in [-0.05, 0) is 53.9 Å². The number of hydroxylamine groups is 2. The molecule has 2 amide bonds. The molecule has 7 heteroatoms. The van der Waals surface area contributed by atoms with Crippen LogP contribution in [0.25, 0.3) is 0 Å². The number of rotatable bonds is 12. The molecule has 0 aliphatic carbocycles. The van der Waals surface area contributed by atoms with Crippen molar-refractivity contribution in [3.05, 3.63) is 54.1 Å². The fourth-order valence-corrected chi connectivity index (χ4v) is 3.84. The van der Waals surface area contributed by atoms with Gasteiger partial charge >= 0.3 is 0 Å². The van der Waals surface area contributed by atoms with Gasteiger partial charge in [-0.25, -0.2) is 0 Å². The van der Waals surface area contributed by atoms with Gasteiger partial charge in [0.1, 0.15) is 0 Å². The molecule has 0 fully saturated rings. The molecule has 6 nitrogen and oxygen atoms in total. The summed E-state index contributed by atoms with van der Waals surface area (Å²) in [5.74, 6) is 0.00179. The molecule has 2 aromatic carbocycles. The number of benzene rings is 2. The summed E-state index contributed by atoms with van der Waals surface area (Å²) in [7, 11) is 4.55. The van der Waals surface area contributed by atoms with Crippen molar-refractivity contribution < 1.29 is 14.4 Å². The first-order chi connectivity index (χ1) is 15.7. The number of hydrogen-bond donors (Lipinski definition) is 1. The Bertz CT molecular complexity index is 902. The second-order valence-corrected chi connectivity index (χ2v) is 9.38. The van der Waals surface area contributed by atoms with E-state index in [0.717, 1.165) is 28.7 Å². The van der Waals surface area contributed by atoms with E-state index in [1.165, 1.54) is 0 Å². The molecule has 1 N–H and O–H groups in total. The monoisotopic (exact) mass is 471 g/mol. The molecule has 0 radical (unpaired) electrons. The Morgan fingerprint density at radius 3 is 2.21 bits per heavy atom. The van der Waals surface area contributed by atoms with E-state index in [1.807, 2.05) is 74.3 Å². The summed E-state index contributed by atoms with van der Waals surface area (Å²) >= 11 is 0. The molecule has 0 aliphatic rings. The maximum Gasteiger partial charge on any atom is 0.226 e. The van der Waals surface area contributed by atoms with Crippen LogP contribution in [0.1, 0.15) is 52.5 Å². The SMILES string of the molecule is CCON(C)Cc1ccc(NC(=O)CC(C)(CC)CN(C(=O)CC)c2ccc(P)cc2)cc1. The summed E-state index contributed by atoms with van der Waals surface area (Å²) in [5, 5.41) is 5.87. The summed E-state index contributed by atoms with van der Waals surface area (Å²) < 4.78 is 0. The molecule has 0 saturated carbocycles. The molecular weight excluding hydrogens is 433 g/mol. The third-order valence-electron chi connectivity index (χ3n) is 5.78. The van der Waals surface area contributed by atoms with E-state index in [4.69, 9.17) is 4.84 Å². The van der Waals surface area contributed by atoms with Gasteiger partial charge in [0.25, 0.3) is 0 Å². The van der Waals surface area contributed by atoms with E-state index < -0.39 is 0 Å². The van der Waals surface area contributed by atoms with Gasteiger partial charge in [-0.2, -0.15) is 5.06 Å². The van der Waals surface area contributed by atoms with Crippen LogP contribution >= 0.6 is 9.24 Å². The van der Waals surface area contributed by atoms with Crippen LogP contribution in [0.2, 0.25) is 0 Å². The third-order valence-corrected chi connectivity index (χ3v) is 6.17. The van der Waals surface area contributed by atoms with Gasteiger partial charge in [0.2, 0.25) is 11.8 Å². The molecule has 2 rings (SSSR count). The molecule has 0 spiro atoms. The van der Waals surface area contributed by atoms with Crippen molar-refractivity contribution in [2.75, 3.05) is 30.4 Å². The van der Waals surface area contributed by atoms with Crippen LogP contribution in [-0.2, 0) is 21.0 Å². The van der Waals surface area contributed by atoms with Crippen LogP contribution in [0.4, 0.5) is 11.4 Å². The Kier molecular flexibility index (Phi) is 10.5. The Morgan fingerprint density at radius 1 is 1.03 bits per heavy atom. The molecule has 2 aromatic rings. The van der Waals surface area contributed by atoms with Gasteiger partial charge in [-0.1, -0.05) is 45.0 Å². The van der Waals surface area contributed by atoms with Crippen LogP contribution in [0.15, 0.2) is 48.5 Å². The molecule has 33 heavy (non-hydrogen) atoms. The second kappa shape index (κ2) is 12.8. The Labute approximate surface area is 200 Å². The summed E-state index contributed by atoms with van der Waals surface area (Å²) in [6.07, 6.45) is 1.52. The molecule has 0 saturated heterocycles. The molecule has 0 aromatic heterocycles. The second-order valence-electron chi connectivity index (χ2n) is 8.71. The molecule has 0 aliphatic heterocycles. The van der Waals surface area contributed by atoms with Gasteiger partial charge in [0.05, 0.1) is 6.61 Å². The van der Waals surface area contributed by atoms with Crippen molar-refractivity contribution in [1.82, 2.24) is 5.06 Å². The maximum absolute atomic E-state index is 12.9. The minimum atomic E-state index is -0.352. The summed E-state index contributed by atoms with van der Waals surface area (Å²) in [5.41, 5.74) is 2.38. The van der Waals surface area contributed by atoms with Crippen LogP contribution in [-0.4, -0.2) is 37.1 Å². The first-order valence-corrected chi connectivity index (χ1v) is 12.2. The van der Waals surface area contributed by atoms with Crippen LogP contribution in [0.3, 0.4) is 0 Å². The summed E-state index contributed by atoms with van der Waals surface area (Å²) in [6, 6.07) is 15.7. The smallest absolute Gasteiger partial charge is 0.226 e. The minimum Gasteiger partial charge on any atom is -0.326 e. The Hall–Kier alpha value is -2.27. The Morgan fingerprint density at radius 2 is 1.67 bits per heavy atom. The molecule has 2 unspecified atom stereocenters. The zero-order chi connectivity index (χ0) is 24.4. The molecule has 0 heterocycles. The maximum atomic E-state index is 12.9. The average Bonchev–Trinajstić information content (AvgIpc) is 2.79. The van der Waals surface area contributed by atoms with Crippen molar-refractivity contribution >= 4 is 37.7 Å². The first-order valence-electron chi connectivity index (χ1n) is 11.6. The highest BCUT2D eigenvalue weighted by Gasteiger charge is 2.30. The van der Waals surface area contributed by atoms with Gasteiger partial charge < -0.3 is 10.2 Å². The lowest BCUT2D eigenvalue weighted by atomic mass is 9.82. The summed E-state index contributed by atoms with van der Waals surface area (Å²) in [6.45, 7) is 9.75. The topological polar surface area (TPSA) is 61.9 Å². The molecule has 0 bridgehead atoms. The average molecular weight is 472 g/mol. The van der Waals surface area contributed by atoms with Gasteiger partial charge in [-0.3, -0.25) is 14.4 Å². The third kappa shape index (κ3) is 8.54. The number of carbonyl (C=O) groups is 2. The Balaban J connectivity index is 2.05. The van der Waals surface area contributed by atoms with Crippen molar-refractivity contribution in [3.63, 3.8) is 0 Å². The van der Waals surface area contributed by atoms with E-state index >= 15 is 0 Å². The minimum absolute atomic E-state index is 0.0530. The predicted octanol–water partition coefficient (Wildman–Crippen LogP) is 4.76. The van der Waals surface area contributed by atoms with Gasteiger partial charge in [0, 0.05) is 44.4 Å². The van der Waals surface area contributed by atoms with E-state index in [-0.39, 0.29) is 17.2 Å². The van der Waals surface area contributed by atoms with Crippen LogP contribution in [0, 0.1) is 5.41 Å². The normalized spacial score (nSPS) is 12.9. The van der Waals surface area contributed by atoms with E-state index in [9.17, 15) is 9.59 Å². The standard InChI is InChI=1S/C26H38N3O3P/c1-6-25(31)29(22-13-15-23(33)16-14-22)19-26(4,7-2)17-24(30)27-21-11-9-20(10-12-21)18-28(5)32-8-3/h9-16H,6-8,17-19,33H2,1-5H3,(H,27,30). The number of carbonyl (C=O) groups excluding carboxylic acids is 2. The molecule has 180 valence electrons. The predicted molar refractivity (Wildman–Crippen MR) is 140 cm³/mol. The highest BCUT2D eigenvalue weighted by molar-refractivity contribution is 7.27. The fraction of sp³-hybridized carbons (Fsp3) is 0.462. The zero-order valence-electron chi connectivity index (χ0n) is 20.6. The van der Waals surface area contributed by atoms with Gasteiger partial charge in [-0.15, -0.1) is 9.24 Å². The van der Waals surface area contributed by atoms with Crippen LogP contribution in [0.5, 0.6) is 0 Å². The lowest BCUT2D eigenvalue weighted by Gasteiger charge is -2.34. The highest BCUT2D eigenvalue weighted by Crippen LogP contribution is 2.30. The fourth-order valence-electron chi connectivity index (χ4n) is 3.65. The zero-order valence-corrected chi connectivity index (χ0v) is 21.7. The van der Waals surface area contributed by atoms with Gasteiger partial charge in [0.15, 0.2) is 0 Å². The molecular formula is C26H38N3O3P. The number of nitrogens with one attached hydrogen (secondary N) is 1. The number of nitrogens with zero attached hydrogens (tertiary/aromatic N) is 2. The summed E-state index contributed by atoms with van der Waals surface area (Å²) in [4.78, 5) is 32.9. The van der Waals surface area contributed by atoms with Crippen LogP contribution < -0.4 is 15.5 Å². The quantitative estimate of drug-likeness (QED) is 0.358. The number of anilines is 2. The van der Waals surface area contributed by atoms with Crippen molar-refractivity contribution in [2.24, 2.45) is 5.41 Å². The van der Waals surface area contributed by atoms with E-state index in [2.05, 4.69) is 28.4 Å². The van der Waals surface area contributed by atoms with Crippen molar-refractivity contribution in [3.8, 4) is 0 Å². The molecule has 2 atom stereocenters. The van der Waals surface area contributed by atoms with Crippen molar-refractivity contribution in [1.29, 1.82) is 0 Å². The lowest BCUT2D eigenvalue weighted by Crippen LogP contribution is -2.41. The largest absolute Gasteiger partial charge is 0.326 e. The van der Waals surface area contributed by atoms with E-state index in [1.54, 1.807) is 5.06 Å². The highest BCUT2D eigenvalue weighted by atomic mass is 31.0. The lowest BCUT2D eigenvalue weighted by molar-refractivity contribution is -0.141.